The number of ether oxygens (including phenoxy) is 4. The third-order valence-electron chi connectivity index (χ3n) is 7.60. The van der Waals surface area contributed by atoms with E-state index in [1.54, 1.807) is 38.1 Å². The zero-order valence-corrected chi connectivity index (χ0v) is 29.7. The Bertz CT molecular complexity index is 1440. The van der Waals surface area contributed by atoms with Crippen molar-refractivity contribution in [2.24, 2.45) is 5.41 Å². The van der Waals surface area contributed by atoms with E-state index in [0.717, 1.165) is 16.7 Å². The summed E-state index contributed by atoms with van der Waals surface area (Å²) in [4.78, 5) is 26.9. The molecule has 3 rings (SSSR count). The lowest BCUT2D eigenvalue weighted by atomic mass is 9.85. The Morgan fingerprint density at radius 1 is 0.894 bits per heavy atom. The lowest BCUT2D eigenvalue weighted by Gasteiger charge is -2.33. The van der Waals surface area contributed by atoms with E-state index in [4.69, 9.17) is 42.1 Å². The van der Waals surface area contributed by atoms with Crippen molar-refractivity contribution in [3.8, 4) is 0 Å². The number of carbonyl (C=O) groups is 2. The van der Waals surface area contributed by atoms with Crippen molar-refractivity contribution in [3.05, 3.63) is 63.1 Å². The molecule has 3 N–H and O–H groups in total. The third-order valence-corrected chi connectivity index (χ3v) is 9.62. The fraction of sp³-hybridized carbons (Fsp3) is 0.562. The van der Waals surface area contributed by atoms with Crippen LogP contribution in [0.4, 0.5) is 0 Å². The molecule has 1 unspecified atom stereocenters. The molecule has 0 fully saturated rings. The van der Waals surface area contributed by atoms with Gasteiger partial charge in [0.2, 0.25) is 21.8 Å². The second kappa shape index (κ2) is 19.0. The quantitative estimate of drug-likeness (QED) is 0.139. The number of hydrogen-bond acceptors (Lipinski definition) is 9. The zero-order valence-electron chi connectivity index (χ0n) is 27.4. The lowest BCUT2D eigenvalue weighted by Crippen LogP contribution is -2.49. The van der Waals surface area contributed by atoms with E-state index in [1.807, 2.05) is 19.2 Å². The Labute approximate surface area is 287 Å². The number of carbonyl (C=O) groups excluding carboxylic acids is 2. The number of rotatable bonds is 20. The maximum absolute atomic E-state index is 13.0. The Kier molecular flexibility index (Phi) is 15.8. The van der Waals surface area contributed by atoms with Gasteiger partial charge in [0.1, 0.15) is 5.41 Å². The Hall–Kier alpha value is -2.33. The molecule has 0 aliphatic carbocycles. The minimum Gasteiger partial charge on any atom is -0.383 e. The van der Waals surface area contributed by atoms with E-state index in [9.17, 15) is 18.0 Å². The summed E-state index contributed by atoms with van der Waals surface area (Å²) in [6.07, 6.45) is 0. The van der Waals surface area contributed by atoms with Gasteiger partial charge >= 0.3 is 0 Å². The summed E-state index contributed by atoms with van der Waals surface area (Å²) >= 11 is 12.8. The maximum Gasteiger partial charge on any atom is 0.240 e. The molecule has 262 valence electrons. The number of fused-ring (bicyclic) bond motifs is 1. The lowest BCUT2D eigenvalue weighted by molar-refractivity contribution is -0.141. The van der Waals surface area contributed by atoms with Crippen LogP contribution in [0.3, 0.4) is 0 Å². The van der Waals surface area contributed by atoms with Crippen molar-refractivity contribution in [2.75, 3.05) is 86.6 Å². The fourth-order valence-corrected chi connectivity index (χ4v) is 6.59. The SMILES string of the molecule is COCCNC(=O)C(C)(C)C(=O)NCCOCCOCCOCCNS(=O)(=O)c1cccc(C2CN(C)Cc3c(Cl)cc(Cl)cc32)c1. The summed E-state index contributed by atoms with van der Waals surface area (Å²) in [5, 5.41) is 6.51. The van der Waals surface area contributed by atoms with Crippen molar-refractivity contribution in [1.29, 1.82) is 0 Å². The number of hydrogen-bond donors (Lipinski definition) is 3. The van der Waals surface area contributed by atoms with Gasteiger partial charge in [-0.25, -0.2) is 13.1 Å². The first-order valence-corrected chi connectivity index (χ1v) is 17.7. The van der Waals surface area contributed by atoms with Crippen LogP contribution in [0.2, 0.25) is 10.0 Å². The molecule has 1 heterocycles. The Balaban J connectivity index is 1.29. The van der Waals surface area contributed by atoms with Crippen LogP contribution >= 0.6 is 23.2 Å². The molecule has 2 amide bonds. The molecule has 15 heteroatoms. The number of nitrogens with one attached hydrogen (secondary N) is 3. The number of likely N-dealkylation sites (N-methyl/N-ethyl adjacent to an activating group) is 1. The molecule has 2 aromatic carbocycles. The highest BCUT2D eigenvalue weighted by molar-refractivity contribution is 7.89. The fourth-order valence-electron chi connectivity index (χ4n) is 4.95. The molecule has 1 aliphatic heterocycles. The van der Waals surface area contributed by atoms with Crippen molar-refractivity contribution >= 4 is 45.0 Å². The van der Waals surface area contributed by atoms with Crippen LogP contribution in [-0.2, 0) is 45.1 Å². The highest BCUT2D eigenvalue weighted by Crippen LogP contribution is 2.38. The summed E-state index contributed by atoms with van der Waals surface area (Å²) in [7, 11) is -0.220. The second-order valence-electron chi connectivity index (χ2n) is 11.6. The van der Waals surface area contributed by atoms with Crippen molar-refractivity contribution < 1.29 is 37.0 Å². The largest absolute Gasteiger partial charge is 0.383 e. The molecule has 0 radical (unpaired) electrons. The van der Waals surface area contributed by atoms with Crippen LogP contribution in [0, 0.1) is 5.41 Å². The average molecular weight is 718 g/mol. The highest BCUT2D eigenvalue weighted by Gasteiger charge is 2.35. The molecule has 12 nitrogen and oxygen atoms in total. The number of halogens is 2. The molecule has 0 saturated heterocycles. The van der Waals surface area contributed by atoms with Crippen LogP contribution in [0.25, 0.3) is 0 Å². The molecule has 1 aliphatic rings. The van der Waals surface area contributed by atoms with E-state index in [2.05, 4.69) is 20.3 Å². The first kappa shape index (κ1) is 39.1. The summed E-state index contributed by atoms with van der Waals surface area (Å²) in [6, 6.07) is 10.6. The van der Waals surface area contributed by atoms with Crippen LogP contribution in [0.1, 0.15) is 36.5 Å². The number of amides is 2. The average Bonchev–Trinajstić information content (AvgIpc) is 3.03. The van der Waals surface area contributed by atoms with Gasteiger partial charge in [-0.1, -0.05) is 35.3 Å². The van der Waals surface area contributed by atoms with Gasteiger partial charge in [-0.15, -0.1) is 0 Å². The second-order valence-corrected chi connectivity index (χ2v) is 14.3. The van der Waals surface area contributed by atoms with Crippen LogP contribution in [-0.4, -0.2) is 112 Å². The molecule has 0 bridgehead atoms. The van der Waals surface area contributed by atoms with Crippen molar-refractivity contribution in [3.63, 3.8) is 0 Å². The van der Waals surface area contributed by atoms with Gasteiger partial charge in [-0.3, -0.25) is 9.59 Å². The number of benzene rings is 2. The van der Waals surface area contributed by atoms with Gasteiger partial charge in [0.25, 0.3) is 0 Å². The van der Waals surface area contributed by atoms with Gasteiger partial charge in [-0.2, -0.15) is 0 Å². The molecular weight excluding hydrogens is 671 g/mol. The standard InChI is InChI=1S/C32H46Cl2N4O8S/c1-32(2,30(39)35-8-11-43-4)31(40)36-9-12-44-14-16-46-17-15-45-13-10-37-47(41,42)25-7-5-6-23(18-25)27-21-38(3)22-28-26(27)19-24(33)20-29(28)34/h5-7,18-20,27,37H,8-17,21-22H2,1-4H3,(H,35,39)(H,36,40). The summed E-state index contributed by atoms with van der Waals surface area (Å²) in [5.74, 6) is -0.845. The van der Waals surface area contributed by atoms with Gasteiger partial charge in [-0.05, 0) is 61.9 Å². The van der Waals surface area contributed by atoms with Crippen molar-refractivity contribution in [1.82, 2.24) is 20.3 Å². The number of nitrogens with zero attached hydrogens (tertiary/aromatic N) is 1. The molecule has 0 spiro atoms. The zero-order chi connectivity index (χ0) is 34.5. The van der Waals surface area contributed by atoms with E-state index >= 15 is 0 Å². The van der Waals surface area contributed by atoms with Gasteiger partial charge in [0, 0.05) is 55.8 Å². The predicted octanol–water partition coefficient (Wildman–Crippen LogP) is 2.80. The van der Waals surface area contributed by atoms with E-state index < -0.39 is 21.3 Å². The smallest absolute Gasteiger partial charge is 0.240 e. The first-order chi connectivity index (χ1) is 22.4. The first-order valence-electron chi connectivity index (χ1n) is 15.4. The third kappa shape index (κ3) is 11.9. The van der Waals surface area contributed by atoms with Gasteiger partial charge < -0.3 is 34.5 Å². The predicted molar refractivity (Wildman–Crippen MR) is 180 cm³/mol. The summed E-state index contributed by atoms with van der Waals surface area (Å²) in [5.41, 5.74) is 1.66. The monoisotopic (exact) mass is 716 g/mol. The number of sulfonamides is 1. The molecule has 1 atom stereocenters. The van der Waals surface area contributed by atoms with Crippen LogP contribution in [0.15, 0.2) is 41.3 Å². The van der Waals surface area contributed by atoms with Crippen LogP contribution in [0.5, 0.6) is 0 Å². The minimum atomic E-state index is -3.76. The molecule has 0 saturated carbocycles. The Morgan fingerprint density at radius 2 is 1.49 bits per heavy atom. The van der Waals surface area contributed by atoms with Crippen molar-refractivity contribution in [2.45, 2.75) is 31.2 Å². The summed E-state index contributed by atoms with van der Waals surface area (Å²) in [6.45, 7) is 7.26. The molecule has 2 aromatic rings. The summed E-state index contributed by atoms with van der Waals surface area (Å²) < 4.78 is 50.0. The molecular formula is C32H46Cl2N4O8S. The van der Waals surface area contributed by atoms with E-state index in [0.29, 0.717) is 56.1 Å². The van der Waals surface area contributed by atoms with E-state index in [-0.39, 0.29) is 49.6 Å². The Morgan fingerprint density at radius 3 is 2.13 bits per heavy atom. The normalized spacial score (nSPS) is 15.3. The molecule has 0 aromatic heterocycles. The maximum atomic E-state index is 13.0. The van der Waals surface area contributed by atoms with E-state index in [1.165, 1.54) is 7.11 Å². The molecule has 47 heavy (non-hydrogen) atoms. The number of methoxy groups -OCH3 is 1. The topological polar surface area (TPSA) is 145 Å². The van der Waals surface area contributed by atoms with Crippen LogP contribution < -0.4 is 15.4 Å². The minimum absolute atomic E-state index is 0.0757. The van der Waals surface area contributed by atoms with Gasteiger partial charge in [0.05, 0.1) is 51.1 Å². The highest BCUT2D eigenvalue weighted by atomic mass is 35.5. The van der Waals surface area contributed by atoms with Gasteiger partial charge in [0.15, 0.2) is 0 Å².